The Morgan fingerprint density at radius 2 is 1.77 bits per heavy atom. The van der Waals surface area contributed by atoms with Crippen molar-refractivity contribution in [3.8, 4) is 5.75 Å². The van der Waals surface area contributed by atoms with Crippen LogP contribution in [-0.4, -0.2) is 11.4 Å². The van der Waals surface area contributed by atoms with E-state index in [0.29, 0.717) is 17.9 Å². The number of nitrogens with zero attached hydrogens (tertiary/aromatic N) is 1. The molecule has 2 heterocycles. The third kappa shape index (κ3) is 4.74. The molecule has 1 aromatic heterocycles. The highest BCUT2D eigenvalue weighted by Gasteiger charge is 2.29. The van der Waals surface area contributed by atoms with E-state index in [0.717, 1.165) is 31.6 Å². The fourth-order valence-electron chi connectivity index (χ4n) is 3.49. The summed E-state index contributed by atoms with van der Waals surface area (Å²) in [5.41, 5.74) is 2.11. The first-order chi connectivity index (χ1) is 14.4. The van der Waals surface area contributed by atoms with Crippen LogP contribution in [0.1, 0.15) is 28.0 Å². The molecule has 156 valence electrons. The predicted octanol–water partition coefficient (Wildman–Crippen LogP) is 4.80. The van der Waals surface area contributed by atoms with Crippen molar-refractivity contribution in [1.82, 2.24) is 4.90 Å². The van der Waals surface area contributed by atoms with Crippen molar-refractivity contribution in [2.24, 2.45) is 0 Å². The van der Waals surface area contributed by atoms with E-state index in [2.05, 4.69) is 17.0 Å². The number of hydrogen-bond acceptors (Lipinski definition) is 4. The molecular formula is C23H20F3NO3. The van der Waals surface area contributed by atoms with E-state index in [9.17, 15) is 18.0 Å². The maximum absolute atomic E-state index is 12.6. The van der Waals surface area contributed by atoms with E-state index in [1.54, 1.807) is 0 Å². The van der Waals surface area contributed by atoms with Crippen molar-refractivity contribution in [3.05, 3.63) is 99.1 Å². The molecule has 1 aliphatic rings. The molecule has 0 amide bonds. The van der Waals surface area contributed by atoms with Gasteiger partial charge < -0.3 is 9.15 Å². The van der Waals surface area contributed by atoms with Crippen LogP contribution < -0.4 is 10.2 Å². The minimum atomic E-state index is -4.38. The lowest BCUT2D eigenvalue weighted by atomic mass is 10.00. The topological polar surface area (TPSA) is 42.7 Å². The number of fused-ring (bicyclic) bond motifs is 1. The van der Waals surface area contributed by atoms with Crippen LogP contribution in [0.25, 0.3) is 0 Å². The average molecular weight is 415 g/mol. The van der Waals surface area contributed by atoms with Crippen molar-refractivity contribution in [1.29, 1.82) is 0 Å². The third-order valence-electron chi connectivity index (χ3n) is 5.12. The molecule has 1 aliphatic heterocycles. The number of benzene rings is 2. The highest BCUT2D eigenvalue weighted by molar-refractivity contribution is 5.29. The van der Waals surface area contributed by atoms with E-state index in [1.807, 2.05) is 12.1 Å². The molecule has 0 saturated carbocycles. The Morgan fingerprint density at radius 1 is 1.03 bits per heavy atom. The van der Waals surface area contributed by atoms with Gasteiger partial charge in [0.1, 0.15) is 18.6 Å². The van der Waals surface area contributed by atoms with Gasteiger partial charge in [-0.3, -0.25) is 9.69 Å². The molecule has 2 aromatic carbocycles. The zero-order valence-electron chi connectivity index (χ0n) is 16.1. The van der Waals surface area contributed by atoms with Gasteiger partial charge in [0.15, 0.2) is 0 Å². The first kappa shape index (κ1) is 20.2. The summed E-state index contributed by atoms with van der Waals surface area (Å²) in [7, 11) is 0. The third-order valence-corrected chi connectivity index (χ3v) is 5.12. The number of hydrogen-bond donors (Lipinski definition) is 0. The molecule has 7 heteroatoms. The van der Waals surface area contributed by atoms with Gasteiger partial charge in [-0.05, 0) is 35.2 Å². The molecular weight excluding hydrogens is 395 g/mol. The van der Waals surface area contributed by atoms with Gasteiger partial charge in [0, 0.05) is 19.2 Å². The zero-order chi connectivity index (χ0) is 21.1. The summed E-state index contributed by atoms with van der Waals surface area (Å²) < 4.78 is 48.8. The van der Waals surface area contributed by atoms with Gasteiger partial charge in [0.05, 0.1) is 12.1 Å². The molecule has 0 aliphatic carbocycles. The highest BCUT2D eigenvalue weighted by Crippen LogP contribution is 2.29. The van der Waals surface area contributed by atoms with Crippen molar-refractivity contribution >= 4 is 0 Å². The summed E-state index contributed by atoms with van der Waals surface area (Å²) in [5, 5.41) is 0. The van der Waals surface area contributed by atoms with E-state index < -0.39 is 11.7 Å². The van der Waals surface area contributed by atoms with E-state index in [1.165, 1.54) is 35.6 Å². The Kier molecular flexibility index (Phi) is 5.63. The van der Waals surface area contributed by atoms with Crippen LogP contribution in [0.3, 0.4) is 0 Å². The van der Waals surface area contributed by atoms with Gasteiger partial charge in [-0.2, -0.15) is 13.2 Å². The van der Waals surface area contributed by atoms with Crippen LogP contribution in [0.5, 0.6) is 5.75 Å². The largest absolute Gasteiger partial charge is 0.482 e. The minimum absolute atomic E-state index is 0.0227. The second-order valence-corrected chi connectivity index (χ2v) is 7.29. The van der Waals surface area contributed by atoms with Gasteiger partial charge in [-0.15, -0.1) is 0 Å². The smallest absolute Gasteiger partial charge is 0.416 e. The van der Waals surface area contributed by atoms with Gasteiger partial charge in [0.2, 0.25) is 11.2 Å². The summed E-state index contributed by atoms with van der Waals surface area (Å²) in [4.78, 5) is 14.5. The normalized spacial score (nSPS) is 14.4. The summed E-state index contributed by atoms with van der Waals surface area (Å²) in [6.45, 7) is 2.17. The SMILES string of the molecule is O=c1cc(CN2CCc3ccccc3C2)occ1OCc1ccc(C(F)(F)F)cc1. The quantitative estimate of drug-likeness (QED) is 0.601. The molecule has 0 N–H and O–H groups in total. The van der Waals surface area contributed by atoms with E-state index in [-0.39, 0.29) is 17.8 Å². The van der Waals surface area contributed by atoms with Crippen LogP contribution in [0.15, 0.2) is 70.1 Å². The fourth-order valence-corrected chi connectivity index (χ4v) is 3.49. The highest BCUT2D eigenvalue weighted by atomic mass is 19.4. The Labute approximate surface area is 171 Å². The van der Waals surface area contributed by atoms with Crippen LogP contribution in [0.2, 0.25) is 0 Å². The Hall–Kier alpha value is -3.06. The molecule has 0 bridgehead atoms. The molecule has 0 spiro atoms. The molecule has 4 nitrogen and oxygen atoms in total. The van der Waals surface area contributed by atoms with E-state index >= 15 is 0 Å². The molecule has 4 rings (SSSR count). The Morgan fingerprint density at radius 3 is 2.47 bits per heavy atom. The Bertz CT molecular complexity index is 1070. The van der Waals surface area contributed by atoms with Crippen molar-refractivity contribution < 1.29 is 22.3 Å². The monoisotopic (exact) mass is 415 g/mol. The lowest BCUT2D eigenvalue weighted by Crippen LogP contribution is -2.30. The van der Waals surface area contributed by atoms with Gasteiger partial charge in [0.25, 0.3) is 0 Å². The molecule has 30 heavy (non-hydrogen) atoms. The number of ether oxygens (including phenoxy) is 1. The second-order valence-electron chi connectivity index (χ2n) is 7.29. The molecule has 0 unspecified atom stereocenters. The Balaban J connectivity index is 1.36. The van der Waals surface area contributed by atoms with Crippen LogP contribution in [0.4, 0.5) is 13.2 Å². The molecule has 0 saturated heterocycles. The van der Waals surface area contributed by atoms with Crippen molar-refractivity contribution in [3.63, 3.8) is 0 Å². The zero-order valence-corrected chi connectivity index (χ0v) is 16.1. The van der Waals surface area contributed by atoms with Gasteiger partial charge in [-0.25, -0.2) is 0 Å². The summed E-state index contributed by atoms with van der Waals surface area (Å²) in [6, 6.07) is 14.3. The van der Waals surface area contributed by atoms with Gasteiger partial charge in [-0.1, -0.05) is 36.4 Å². The second kappa shape index (κ2) is 8.36. The summed E-state index contributed by atoms with van der Waals surface area (Å²) in [6.07, 6.45) is -2.17. The predicted molar refractivity (Wildman–Crippen MR) is 105 cm³/mol. The van der Waals surface area contributed by atoms with Crippen molar-refractivity contribution in [2.45, 2.75) is 32.3 Å². The van der Waals surface area contributed by atoms with Crippen LogP contribution in [0, 0.1) is 0 Å². The number of alkyl halides is 3. The van der Waals surface area contributed by atoms with Crippen molar-refractivity contribution in [2.75, 3.05) is 6.54 Å². The van der Waals surface area contributed by atoms with Crippen LogP contribution >= 0.6 is 0 Å². The average Bonchev–Trinajstić information content (AvgIpc) is 2.73. The summed E-state index contributed by atoms with van der Waals surface area (Å²) >= 11 is 0. The first-order valence-electron chi connectivity index (χ1n) is 9.58. The molecule has 0 radical (unpaired) electrons. The maximum atomic E-state index is 12.6. The maximum Gasteiger partial charge on any atom is 0.416 e. The molecule has 3 aromatic rings. The lowest BCUT2D eigenvalue weighted by molar-refractivity contribution is -0.137. The lowest BCUT2D eigenvalue weighted by Gasteiger charge is -2.28. The van der Waals surface area contributed by atoms with Gasteiger partial charge >= 0.3 is 6.18 Å². The number of rotatable bonds is 5. The first-order valence-corrected chi connectivity index (χ1v) is 9.58. The van der Waals surface area contributed by atoms with E-state index in [4.69, 9.17) is 9.15 Å². The minimum Gasteiger partial charge on any atom is -0.482 e. The standard InChI is InChI=1S/C23H20F3NO3/c24-23(25,26)19-7-5-16(6-8-19)14-30-22-15-29-20(11-21(22)28)13-27-10-9-17-3-1-2-4-18(17)12-27/h1-8,11,15H,9-10,12-14H2. The summed E-state index contributed by atoms with van der Waals surface area (Å²) in [5.74, 6) is 0.573. The number of halogens is 3. The molecule has 0 atom stereocenters. The van der Waals surface area contributed by atoms with Crippen LogP contribution in [-0.2, 0) is 32.3 Å². The molecule has 0 fully saturated rings. The fraction of sp³-hybridized carbons (Fsp3) is 0.261.